The van der Waals surface area contributed by atoms with Crippen LogP contribution < -0.4 is 0 Å². The van der Waals surface area contributed by atoms with E-state index in [1.54, 1.807) is 6.07 Å². The summed E-state index contributed by atoms with van der Waals surface area (Å²) in [5.74, 6) is -0.128. The van der Waals surface area contributed by atoms with E-state index in [4.69, 9.17) is 23.2 Å². The molecular formula is C11H8Cl2FN. The maximum absolute atomic E-state index is 13.1. The number of nitrogens with zero attached hydrogens (tertiary/aromatic N) is 1. The molecule has 1 nitrogen and oxygen atoms in total. The summed E-state index contributed by atoms with van der Waals surface area (Å²) in [6, 6.07) is 1.64. The van der Waals surface area contributed by atoms with E-state index in [1.807, 2.05) is 6.08 Å². The van der Waals surface area contributed by atoms with Gasteiger partial charge in [0, 0.05) is 18.2 Å². The Labute approximate surface area is 97.2 Å². The molecule has 0 radical (unpaired) electrons. The maximum Gasteiger partial charge on any atom is 0.129 e. The fourth-order valence-corrected chi connectivity index (χ4v) is 1.86. The molecule has 15 heavy (non-hydrogen) atoms. The van der Waals surface area contributed by atoms with Crippen molar-refractivity contribution in [3.8, 4) is 0 Å². The maximum atomic E-state index is 13.1. The second-order valence-corrected chi connectivity index (χ2v) is 4.07. The number of hydrogen-bond acceptors (Lipinski definition) is 1. The average molecular weight is 244 g/mol. The first-order chi connectivity index (χ1) is 7.16. The number of pyridine rings is 1. The van der Waals surface area contributed by atoms with Crippen LogP contribution in [0.4, 0.5) is 4.39 Å². The van der Waals surface area contributed by atoms with E-state index in [0.717, 1.165) is 11.1 Å². The third-order valence-electron chi connectivity index (χ3n) is 2.19. The summed E-state index contributed by atoms with van der Waals surface area (Å²) >= 11 is 11.7. The van der Waals surface area contributed by atoms with Crippen molar-refractivity contribution in [2.75, 3.05) is 0 Å². The van der Waals surface area contributed by atoms with Crippen LogP contribution in [-0.2, 0) is 0 Å². The van der Waals surface area contributed by atoms with E-state index in [2.05, 4.69) is 4.98 Å². The molecule has 0 amide bonds. The van der Waals surface area contributed by atoms with Gasteiger partial charge in [-0.05, 0) is 24.1 Å². The minimum absolute atomic E-state index is 0.128. The molecular weight excluding hydrogens is 236 g/mol. The van der Waals surface area contributed by atoms with Crippen LogP contribution in [0.25, 0.3) is 5.57 Å². The molecule has 1 aliphatic carbocycles. The van der Waals surface area contributed by atoms with Gasteiger partial charge < -0.3 is 0 Å². The molecule has 1 aliphatic rings. The highest BCUT2D eigenvalue weighted by Crippen LogP contribution is 2.31. The molecule has 0 saturated carbocycles. The van der Waals surface area contributed by atoms with Crippen molar-refractivity contribution in [3.63, 3.8) is 0 Å². The lowest BCUT2D eigenvalue weighted by atomic mass is 10.00. The molecule has 78 valence electrons. The van der Waals surface area contributed by atoms with Crippen molar-refractivity contribution in [2.45, 2.75) is 12.8 Å². The number of hydrogen-bond donors (Lipinski definition) is 0. The van der Waals surface area contributed by atoms with Crippen LogP contribution in [0.3, 0.4) is 0 Å². The summed E-state index contributed by atoms with van der Waals surface area (Å²) < 4.78 is 13.1. The van der Waals surface area contributed by atoms with Crippen LogP contribution in [0.15, 0.2) is 30.2 Å². The Balaban J connectivity index is 2.45. The number of allylic oxidation sites excluding steroid dienone is 4. The minimum atomic E-state index is -0.128. The smallest absolute Gasteiger partial charge is 0.129 e. The Morgan fingerprint density at radius 3 is 2.87 bits per heavy atom. The lowest BCUT2D eigenvalue weighted by Crippen LogP contribution is -1.91. The van der Waals surface area contributed by atoms with Crippen molar-refractivity contribution in [1.29, 1.82) is 0 Å². The monoisotopic (exact) mass is 243 g/mol. The van der Waals surface area contributed by atoms with Crippen LogP contribution in [0.5, 0.6) is 0 Å². The molecule has 4 heteroatoms. The molecule has 1 aromatic heterocycles. The molecule has 1 heterocycles. The van der Waals surface area contributed by atoms with Gasteiger partial charge in [0.1, 0.15) is 11.0 Å². The van der Waals surface area contributed by atoms with Crippen LogP contribution in [0, 0.1) is 0 Å². The number of rotatable bonds is 1. The summed E-state index contributed by atoms with van der Waals surface area (Å²) in [6.07, 6.45) is 6.05. The molecule has 0 atom stereocenters. The Morgan fingerprint density at radius 1 is 1.33 bits per heavy atom. The van der Waals surface area contributed by atoms with Gasteiger partial charge in [-0.15, -0.1) is 0 Å². The van der Waals surface area contributed by atoms with Crippen LogP contribution >= 0.6 is 23.2 Å². The van der Waals surface area contributed by atoms with Crippen molar-refractivity contribution in [1.82, 2.24) is 4.98 Å². The van der Waals surface area contributed by atoms with Gasteiger partial charge in [-0.2, -0.15) is 0 Å². The van der Waals surface area contributed by atoms with Crippen molar-refractivity contribution >= 4 is 28.8 Å². The third kappa shape index (κ3) is 2.39. The molecule has 0 unspecified atom stereocenters. The lowest BCUT2D eigenvalue weighted by Gasteiger charge is -2.10. The fourth-order valence-electron chi connectivity index (χ4n) is 1.49. The van der Waals surface area contributed by atoms with Gasteiger partial charge in [0.05, 0.1) is 5.02 Å². The zero-order valence-corrected chi connectivity index (χ0v) is 9.32. The van der Waals surface area contributed by atoms with Gasteiger partial charge in [0.25, 0.3) is 0 Å². The highest BCUT2D eigenvalue weighted by Gasteiger charge is 2.10. The minimum Gasteiger partial charge on any atom is -0.243 e. The first-order valence-corrected chi connectivity index (χ1v) is 5.30. The average Bonchev–Trinajstić information content (AvgIpc) is 2.22. The van der Waals surface area contributed by atoms with Gasteiger partial charge in [0.2, 0.25) is 0 Å². The largest absolute Gasteiger partial charge is 0.243 e. The zero-order chi connectivity index (χ0) is 10.8. The molecule has 0 bridgehead atoms. The van der Waals surface area contributed by atoms with Gasteiger partial charge in [-0.3, -0.25) is 0 Å². The van der Waals surface area contributed by atoms with E-state index >= 15 is 0 Å². The topological polar surface area (TPSA) is 12.9 Å². The summed E-state index contributed by atoms with van der Waals surface area (Å²) in [5, 5.41) is 0.839. The van der Waals surface area contributed by atoms with E-state index < -0.39 is 0 Å². The predicted octanol–water partition coefficient (Wildman–Crippen LogP) is 4.42. The molecule has 1 aromatic rings. The van der Waals surface area contributed by atoms with Crippen LogP contribution in [0.2, 0.25) is 10.2 Å². The first-order valence-electron chi connectivity index (χ1n) is 4.54. The first kappa shape index (κ1) is 10.7. The summed E-state index contributed by atoms with van der Waals surface area (Å²) in [5.41, 5.74) is 1.50. The summed E-state index contributed by atoms with van der Waals surface area (Å²) in [6.45, 7) is 0. The Hall–Kier alpha value is -0.860. The predicted molar refractivity (Wildman–Crippen MR) is 60.7 cm³/mol. The standard InChI is InChI=1S/C11H8Cl2FN/c12-10-6-15-11(13)5-9(10)7-2-1-3-8(14)4-7/h2,4-6H,1,3H2. The summed E-state index contributed by atoms with van der Waals surface area (Å²) in [7, 11) is 0. The second kappa shape index (κ2) is 4.33. The van der Waals surface area contributed by atoms with Crippen LogP contribution in [0.1, 0.15) is 18.4 Å². The molecule has 0 saturated heterocycles. The highest BCUT2D eigenvalue weighted by atomic mass is 35.5. The van der Waals surface area contributed by atoms with Gasteiger partial charge >= 0.3 is 0 Å². The number of halogens is 3. The molecule has 0 N–H and O–H groups in total. The number of aromatic nitrogens is 1. The quantitative estimate of drug-likeness (QED) is 0.666. The normalized spacial score (nSPS) is 15.9. The van der Waals surface area contributed by atoms with E-state index in [-0.39, 0.29) is 5.83 Å². The second-order valence-electron chi connectivity index (χ2n) is 3.28. The fraction of sp³-hybridized carbons (Fsp3) is 0.182. The van der Waals surface area contributed by atoms with Crippen molar-refractivity contribution < 1.29 is 4.39 Å². The molecule has 0 fully saturated rings. The molecule has 2 rings (SSSR count). The highest BCUT2D eigenvalue weighted by molar-refractivity contribution is 6.33. The molecule has 0 aromatic carbocycles. The van der Waals surface area contributed by atoms with E-state index in [0.29, 0.717) is 23.0 Å². The zero-order valence-electron chi connectivity index (χ0n) is 7.80. The van der Waals surface area contributed by atoms with Crippen LogP contribution in [-0.4, -0.2) is 4.98 Å². The van der Waals surface area contributed by atoms with E-state index in [9.17, 15) is 4.39 Å². The van der Waals surface area contributed by atoms with Gasteiger partial charge in [-0.1, -0.05) is 29.3 Å². The summed E-state index contributed by atoms with van der Waals surface area (Å²) in [4.78, 5) is 3.85. The molecule has 0 spiro atoms. The van der Waals surface area contributed by atoms with Crippen molar-refractivity contribution in [3.05, 3.63) is 46.0 Å². The molecule has 0 aliphatic heterocycles. The van der Waals surface area contributed by atoms with Crippen molar-refractivity contribution in [2.24, 2.45) is 0 Å². The van der Waals surface area contributed by atoms with E-state index in [1.165, 1.54) is 12.3 Å². The Kier molecular flexibility index (Phi) is 3.08. The Morgan fingerprint density at radius 2 is 2.13 bits per heavy atom. The SMILES string of the molecule is FC1=CC(c2cc(Cl)ncc2Cl)=CCC1. The third-order valence-corrected chi connectivity index (χ3v) is 2.70. The van der Waals surface area contributed by atoms with Gasteiger partial charge in [0.15, 0.2) is 0 Å². The van der Waals surface area contributed by atoms with Gasteiger partial charge in [-0.25, -0.2) is 9.37 Å². The lowest BCUT2D eigenvalue weighted by molar-refractivity contribution is 0.589. The Bertz CT molecular complexity index is 452.